The van der Waals surface area contributed by atoms with Gasteiger partial charge in [0.15, 0.2) is 0 Å². The van der Waals surface area contributed by atoms with Crippen LogP contribution in [0.25, 0.3) is 0 Å². The standard InChI is InChI=1S/C17H31NO2S/c1-5-18-14-9-12(2)8-13(3)16(14)21-11-17(6-7-17)10-15(19)20-4/h12-14,16,18H,5-11H2,1-4H3. The van der Waals surface area contributed by atoms with Crippen molar-refractivity contribution >= 4 is 17.7 Å². The first kappa shape index (κ1) is 17.1. The summed E-state index contributed by atoms with van der Waals surface area (Å²) in [6.45, 7) is 8.03. The van der Waals surface area contributed by atoms with Crippen molar-refractivity contribution in [3.63, 3.8) is 0 Å². The van der Waals surface area contributed by atoms with Gasteiger partial charge in [-0.2, -0.15) is 11.8 Å². The van der Waals surface area contributed by atoms with Gasteiger partial charge in [-0.15, -0.1) is 0 Å². The summed E-state index contributed by atoms with van der Waals surface area (Å²) in [5, 5.41) is 4.38. The fourth-order valence-electron chi connectivity index (χ4n) is 3.77. The van der Waals surface area contributed by atoms with Crippen molar-refractivity contribution in [2.24, 2.45) is 17.3 Å². The summed E-state index contributed by atoms with van der Waals surface area (Å²) in [6.07, 6.45) is 5.63. The molecule has 2 aliphatic rings. The van der Waals surface area contributed by atoms with Crippen LogP contribution in [0.4, 0.5) is 0 Å². The highest BCUT2D eigenvalue weighted by atomic mass is 32.2. The van der Waals surface area contributed by atoms with Crippen LogP contribution in [0.3, 0.4) is 0 Å². The number of thioether (sulfide) groups is 1. The molecule has 0 heterocycles. The molecule has 0 aromatic carbocycles. The van der Waals surface area contributed by atoms with Crippen LogP contribution in [0.2, 0.25) is 0 Å². The van der Waals surface area contributed by atoms with Crippen LogP contribution < -0.4 is 5.32 Å². The zero-order valence-corrected chi connectivity index (χ0v) is 14.8. The summed E-state index contributed by atoms with van der Waals surface area (Å²) >= 11 is 2.11. The molecule has 21 heavy (non-hydrogen) atoms. The lowest BCUT2D eigenvalue weighted by Crippen LogP contribution is -2.46. The van der Waals surface area contributed by atoms with Gasteiger partial charge < -0.3 is 10.1 Å². The Morgan fingerprint density at radius 3 is 2.62 bits per heavy atom. The quantitative estimate of drug-likeness (QED) is 0.730. The Morgan fingerprint density at radius 2 is 2.05 bits per heavy atom. The molecule has 4 unspecified atom stereocenters. The molecule has 2 aliphatic carbocycles. The molecule has 2 fully saturated rings. The van der Waals surface area contributed by atoms with Crippen LogP contribution >= 0.6 is 11.8 Å². The van der Waals surface area contributed by atoms with Crippen LogP contribution in [0.1, 0.15) is 52.9 Å². The molecule has 0 radical (unpaired) electrons. The third kappa shape index (κ3) is 4.62. The van der Waals surface area contributed by atoms with Gasteiger partial charge in [0.2, 0.25) is 0 Å². The molecule has 2 saturated carbocycles. The van der Waals surface area contributed by atoms with E-state index in [1.165, 1.54) is 32.8 Å². The smallest absolute Gasteiger partial charge is 0.306 e. The normalized spacial score (nSPS) is 34.5. The molecule has 0 aromatic heterocycles. The first-order valence-corrected chi connectivity index (χ1v) is 9.46. The zero-order chi connectivity index (χ0) is 15.5. The molecule has 1 N–H and O–H groups in total. The Balaban J connectivity index is 1.89. The number of esters is 1. The van der Waals surface area contributed by atoms with E-state index in [2.05, 4.69) is 37.8 Å². The monoisotopic (exact) mass is 313 g/mol. The molecular weight excluding hydrogens is 282 g/mol. The topological polar surface area (TPSA) is 38.3 Å². The van der Waals surface area contributed by atoms with Gasteiger partial charge in [-0.25, -0.2) is 0 Å². The Bertz CT molecular complexity index is 357. The SMILES string of the molecule is CCNC1CC(C)CC(C)C1SCC1(CC(=O)OC)CC1. The molecule has 2 rings (SSSR count). The average molecular weight is 314 g/mol. The van der Waals surface area contributed by atoms with Gasteiger partial charge in [0.1, 0.15) is 0 Å². The van der Waals surface area contributed by atoms with E-state index in [9.17, 15) is 4.79 Å². The molecule has 4 atom stereocenters. The maximum atomic E-state index is 11.5. The summed E-state index contributed by atoms with van der Waals surface area (Å²) in [5.41, 5.74) is 0.247. The molecule has 0 saturated heterocycles. The van der Waals surface area contributed by atoms with Crippen molar-refractivity contribution in [2.75, 3.05) is 19.4 Å². The van der Waals surface area contributed by atoms with Crippen molar-refractivity contribution in [2.45, 2.75) is 64.2 Å². The largest absolute Gasteiger partial charge is 0.469 e. The number of hydrogen-bond acceptors (Lipinski definition) is 4. The average Bonchev–Trinajstić information content (AvgIpc) is 3.17. The van der Waals surface area contributed by atoms with Crippen LogP contribution in [0.5, 0.6) is 0 Å². The Hall–Kier alpha value is -0.220. The van der Waals surface area contributed by atoms with E-state index in [1.807, 2.05) is 0 Å². The summed E-state index contributed by atoms with van der Waals surface area (Å²) in [4.78, 5) is 11.5. The van der Waals surface area contributed by atoms with Crippen molar-refractivity contribution in [1.82, 2.24) is 5.32 Å². The van der Waals surface area contributed by atoms with E-state index in [-0.39, 0.29) is 11.4 Å². The van der Waals surface area contributed by atoms with E-state index < -0.39 is 0 Å². The number of methoxy groups -OCH3 is 1. The second-order valence-corrected chi connectivity index (χ2v) is 8.41. The fourth-order valence-corrected chi connectivity index (χ4v) is 5.59. The van der Waals surface area contributed by atoms with E-state index >= 15 is 0 Å². The van der Waals surface area contributed by atoms with Gasteiger partial charge in [0.25, 0.3) is 0 Å². The number of ether oxygens (including phenoxy) is 1. The molecule has 4 heteroatoms. The maximum absolute atomic E-state index is 11.5. The highest BCUT2D eigenvalue weighted by molar-refractivity contribution is 8.00. The summed E-state index contributed by atoms with van der Waals surface area (Å²) < 4.78 is 4.85. The minimum absolute atomic E-state index is 0.0401. The predicted octanol–water partition coefficient (Wildman–Crippen LogP) is 3.48. The van der Waals surface area contributed by atoms with Crippen molar-refractivity contribution < 1.29 is 9.53 Å². The lowest BCUT2D eigenvalue weighted by atomic mass is 9.80. The van der Waals surface area contributed by atoms with E-state index in [0.29, 0.717) is 17.7 Å². The molecule has 0 aliphatic heterocycles. The minimum atomic E-state index is -0.0401. The molecule has 0 bridgehead atoms. The minimum Gasteiger partial charge on any atom is -0.469 e. The molecule has 3 nitrogen and oxygen atoms in total. The second kappa shape index (κ2) is 7.36. The first-order chi connectivity index (χ1) is 9.99. The molecule has 0 spiro atoms. The number of hydrogen-bond donors (Lipinski definition) is 1. The predicted molar refractivity (Wildman–Crippen MR) is 89.6 cm³/mol. The summed E-state index contributed by atoms with van der Waals surface area (Å²) in [6, 6.07) is 0.632. The summed E-state index contributed by atoms with van der Waals surface area (Å²) in [5.74, 6) is 2.66. The van der Waals surface area contributed by atoms with Crippen molar-refractivity contribution in [3.8, 4) is 0 Å². The first-order valence-electron chi connectivity index (χ1n) is 8.41. The van der Waals surface area contributed by atoms with Gasteiger partial charge in [0, 0.05) is 11.3 Å². The number of carbonyl (C=O) groups is 1. The van der Waals surface area contributed by atoms with E-state index in [1.54, 1.807) is 0 Å². The van der Waals surface area contributed by atoms with Gasteiger partial charge in [0.05, 0.1) is 13.5 Å². The van der Waals surface area contributed by atoms with Crippen LogP contribution in [-0.4, -0.2) is 36.7 Å². The van der Waals surface area contributed by atoms with Gasteiger partial charge in [-0.3, -0.25) is 4.79 Å². The number of nitrogens with one attached hydrogen (secondary N) is 1. The Labute approximate surface area is 134 Å². The van der Waals surface area contributed by atoms with E-state index in [4.69, 9.17) is 4.74 Å². The van der Waals surface area contributed by atoms with Gasteiger partial charge >= 0.3 is 5.97 Å². The molecule has 0 aromatic rings. The van der Waals surface area contributed by atoms with E-state index in [0.717, 1.165) is 24.1 Å². The highest BCUT2D eigenvalue weighted by Crippen LogP contribution is 2.53. The van der Waals surface area contributed by atoms with Crippen LogP contribution in [-0.2, 0) is 9.53 Å². The highest BCUT2D eigenvalue weighted by Gasteiger charge is 2.46. The number of carbonyl (C=O) groups excluding carboxylic acids is 1. The third-order valence-corrected chi connectivity index (χ3v) is 7.10. The van der Waals surface area contributed by atoms with Crippen molar-refractivity contribution in [3.05, 3.63) is 0 Å². The summed E-state index contributed by atoms with van der Waals surface area (Å²) in [7, 11) is 1.50. The lowest BCUT2D eigenvalue weighted by Gasteiger charge is -2.40. The lowest BCUT2D eigenvalue weighted by molar-refractivity contribution is -0.141. The fraction of sp³-hybridized carbons (Fsp3) is 0.941. The van der Waals surface area contributed by atoms with Crippen LogP contribution in [0, 0.1) is 17.3 Å². The molecule has 122 valence electrons. The zero-order valence-electron chi connectivity index (χ0n) is 14.0. The Morgan fingerprint density at radius 1 is 1.33 bits per heavy atom. The third-order valence-electron chi connectivity index (χ3n) is 5.14. The van der Waals surface area contributed by atoms with Crippen LogP contribution in [0.15, 0.2) is 0 Å². The van der Waals surface area contributed by atoms with Gasteiger partial charge in [-0.1, -0.05) is 20.8 Å². The Kier molecular flexibility index (Phi) is 6.01. The van der Waals surface area contributed by atoms with Gasteiger partial charge in [-0.05, 0) is 55.2 Å². The number of rotatable bonds is 7. The molecular formula is C17H31NO2S. The molecule has 0 amide bonds. The van der Waals surface area contributed by atoms with Crippen molar-refractivity contribution in [1.29, 1.82) is 0 Å². The second-order valence-electron chi connectivity index (χ2n) is 7.25. The maximum Gasteiger partial charge on any atom is 0.306 e.